The zero-order chi connectivity index (χ0) is 18.7. The second-order valence-electron chi connectivity index (χ2n) is 6.51. The Balaban J connectivity index is 2.70. The van der Waals surface area contributed by atoms with Crippen molar-refractivity contribution in [3.8, 4) is 0 Å². The van der Waals surface area contributed by atoms with E-state index in [0.29, 0.717) is 13.0 Å². The Morgan fingerprint density at radius 1 is 1.24 bits per heavy atom. The van der Waals surface area contributed by atoms with Crippen LogP contribution < -0.4 is 16.0 Å². The number of nitrogens with one attached hydrogen (secondary N) is 3. The van der Waals surface area contributed by atoms with Crippen LogP contribution in [0, 0.1) is 0 Å². The van der Waals surface area contributed by atoms with Crippen LogP contribution in [0.4, 0.5) is 5.69 Å². The largest absolute Gasteiger partial charge is 0.357 e. The van der Waals surface area contributed by atoms with Crippen molar-refractivity contribution in [3.63, 3.8) is 0 Å². The van der Waals surface area contributed by atoms with Gasteiger partial charge in [-0.15, -0.1) is 0 Å². The minimum Gasteiger partial charge on any atom is -0.357 e. The molecule has 0 aromatic heterocycles. The van der Waals surface area contributed by atoms with Crippen molar-refractivity contribution in [2.24, 2.45) is 4.99 Å². The lowest BCUT2D eigenvalue weighted by Crippen LogP contribution is -2.43. The Morgan fingerprint density at radius 2 is 2.00 bits per heavy atom. The second-order valence-corrected chi connectivity index (χ2v) is 8.02. The number of benzene rings is 1. The van der Waals surface area contributed by atoms with Crippen molar-refractivity contribution < 1.29 is 4.79 Å². The quantitative estimate of drug-likeness (QED) is 0.462. The zero-order valence-corrected chi connectivity index (χ0v) is 16.9. The predicted octanol–water partition coefficient (Wildman–Crippen LogP) is 3.62. The number of amides is 1. The van der Waals surface area contributed by atoms with Crippen LogP contribution in [-0.2, 0) is 11.3 Å². The number of rotatable bonds is 9. The minimum atomic E-state index is 0.0532. The van der Waals surface area contributed by atoms with Gasteiger partial charge in [-0.25, -0.2) is 4.99 Å². The lowest BCUT2D eigenvalue weighted by molar-refractivity contribution is -0.116. The van der Waals surface area contributed by atoms with Gasteiger partial charge < -0.3 is 16.0 Å². The molecule has 0 saturated heterocycles. The molecule has 0 atom stereocenters. The lowest BCUT2D eigenvalue weighted by Gasteiger charge is -2.23. The van der Waals surface area contributed by atoms with Gasteiger partial charge in [-0.1, -0.05) is 19.1 Å². The molecular weight excluding hydrogens is 332 g/mol. The van der Waals surface area contributed by atoms with E-state index in [-0.39, 0.29) is 10.7 Å². The van der Waals surface area contributed by atoms with Crippen LogP contribution in [0.25, 0.3) is 0 Å². The van der Waals surface area contributed by atoms with Crippen molar-refractivity contribution in [3.05, 3.63) is 29.8 Å². The molecular formula is C19H32N4OS. The number of carbonyl (C=O) groups excluding carboxylic acids is 1. The molecule has 1 aromatic carbocycles. The van der Waals surface area contributed by atoms with Gasteiger partial charge in [0.1, 0.15) is 0 Å². The molecule has 0 aliphatic carbocycles. The van der Waals surface area contributed by atoms with E-state index in [2.05, 4.69) is 48.0 Å². The van der Waals surface area contributed by atoms with E-state index in [4.69, 9.17) is 0 Å². The van der Waals surface area contributed by atoms with Gasteiger partial charge in [-0.3, -0.25) is 4.79 Å². The minimum absolute atomic E-state index is 0.0532. The first-order valence-corrected chi connectivity index (χ1v) is 10.1. The second kappa shape index (κ2) is 11.0. The molecule has 3 N–H and O–H groups in total. The van der Waals surface area contributed by atoms with Gasteiger partial charge in [0.15, 0.2) is 5.96 Å². The summed E-state index contributed by atoms with van der Waals surface area (Å²) in [6.07, 6.45) is 3.51. The maximum absolute atomic E-state index is 11.7. The fourth-order valence-corrected chi connectivity index (χ4v) is 2.30. The van der Waals surface area contributed by atoms with E-state index >= 15 is 0 Å². The number of thioether (sulfide) groups is 1. The van der Waals surface area contributed by atoms with Crippen LogP contribution in [0.3, 0.4) is 0 Å². The first kappa shape index (κ1) is 21.4. The summed E-state index contributed by atoms with van der Waals surface area (Å²) in [5.74, 6) is 0.863. The summed E-state index contributed by atoms with van der Waals surface area (Å²) in [5, 5.41) is 9.59. The molecule has 0 fully saturated rings. The molecule has 0 aliphatic heterocycles. The standard InChI is InChI=1S/C19H32N4OS/c1-6-9-17(24)23-16-11-8-10-15(12-16)13-21-18(20-7-2)22-14-19(3,4)25-5/h8,10-12H,6-7,9,13-14H2,1-5H3,(H,23,24)(H2,20,21,22). The zero-order valence-electron chi connectivity index (χ0n) is 16.1. The van der Waals surface area contributed by atoms with E-state index in [0.717, 1.165) is 36.7 Å². The highest BCUT2D eigenvalue weighted by Gasteiger charge is 2.16. The highest BCUT2D eigenvalue weighted by atomic mass is 32.2. The van der Waals surface area contributed by atoms with Crippen LogP contribution in [0.15, 0.2) is 29.3 Å². The van der Waals surface area contributed by atoms with Gasteiger partial charge in [0.25, 0.3) is 0 Å². The molecule has 1 aromatic rings. The van der Waals surface area contributed by atoms with Gasteiger partial charge in [0, 0.05) is 29.9 Å². The van der Waals surface area contributed by atoms with Gasteiger partial charge in [-0.2, -0.15) is 11.8 Å². The highest BCUT2D eigenvalue weighted by Crippen LogP contribution is 2.19. The van der Waals surface area contributed by atoms with Crippen LogP contribution >= 0.6 is 11.8 Å². The number of aliphatic imine (C=N–C) groups is 1. The van der Waals surface area contributed by atoms with Gasteiger partial charge in [0.05, 0.1) is 6.54 Å². The number of hydrogen-bond acceptors (Lipinski definition) is 3. The number of carbonyl (C=O) groups is 1. The fraction of sp³-hybridized carbons (Fsp3) is 0.579. The Morgan fingerprint density at radius 3 is 2.64 bits per heavy atom. The number of anilines is 1. The molecule has 25 heavy (non-hydrogen) atoms. The molecule has 0 aliphatic rings. The smallest absolute Gasteiger partial charge is 0.224 e. The Hall–Kier alpha value is -1.69. The molecule has 5 nitrogen and oxygen atoms in total. The SMILES string of the molecule is CCCC(=O)Nc1cccc(CN=C(NCC)NCC(C)(C)SC)c1. The van der Waals surface area contributed by atoms with Crippen LogP contribution in [-0.4, -0.2) is 36.0 Å². The molecule has 1 rings (SSSR count). The molecule has 1 amide bonds. The van der Waals surface area contributed by atoms with Crippen LogP contribution in [0.1, 0.15) is 46.1 Å². The topological polar surface area (TPSA) is 65.5 Å². The van der Waals surface area contributed by atoms with Crippen LogP contribution in [0.2, 0.25) is 0 Å². The van der Waals surface area contributed by atoms with E-state index in [1.807, 2.05) is 43.0 Å². The Bertz CT molecular complexity index is 572. The molecule has 0 saturated carbocycles. The van der Waals surface area contributed by atoms with Crippen LogP contribution in [0.5, 0.6) is 0 Å². The average Bonchev–Trinajstić information content (AvgIpc) is 2.58. The summed E-state index contributed by atoms with van der Waals surface area (Å²) < 4.78 is 0.152. The fourth-order valence-electron chi connectivity index (χ4n) is 2.08. The third kappa shape index (κ3) is 8.82. The van der Waals surface area contributed by atoms with Crippen molar-refractivity contribution in [2.75, 3.05) is 24.7 Å². The molecule has 6 heteroatoms. The van der Waals surface area contributed by atoms with Gasteiger partial charge in [0.2, 0.25) is 5.91 Å². The number of guanidine groups is 1. The molecule has 0 bridgehead atoms. The summed E-state index contributed by atoms with van der Waals surface area (Å²) >= 11 is 1.83. The first-order chi connectivity index (χ1) is 11.9. The molecule has 140 valence electrons. The van der Waals surface area contributed by atoms with E-state index in [1.165, 1.54) is 0 Å². The van der Waals surface area contributed by atoms with E-state index in [1.54, 1.807) is 0 Å². The summed E-state index contributed by atoms with van der Waals surface area (Å²) in [6.45, 7) is 10.7. The summed E-state index contributed by atoms with van der Waals surface area (Å²) in [5.41, 5.74) is 1.89. The summed E-state index contributed by atoms with van der Waals surface area (Å²) in [7, 11) is 0. The van der Waals surface area contributed by atoms with Crippen molar-refractivity contribution in [1.29, 1.82) is 0 Å². The maximum Gasteiger partial charge on any atom is 0.224 e. The van der Waals surface area contributed by atoms with Crippen molar-refractivity contribution in [2.45, 2.75) is 51.8 Å². The number of hydrogen-bond donors (Lipinski definition) is 3. The number of nitrogens with zero attached hydrogens (tertiary/aromatic N) is 1. The maximum atomic E-state index is 11.7. The summed E-state index contributed by atoms with van der Waals surface area (Å²) in [6, 6.07) is 7.86. The molecule has 0 unspecified atom stereocenters. The van der Waals surface area contributed by atoms with Crippen molar-refractivity contribution >= 4 is 29.3 Å². The van der Waals surface area contributed by atoms with Crippen molar-refractivity contribution in [1.82, 2.24) is 10.6 Å². The van der Waals surface area contributed by atoms with E-state index in [9.17, 15) is 4.79 Å². The Kier molecular flexibility index (Phi) is 9.42. The monoisotopic (exact) mass is 364 g/mol. The Labute approximate surface area is 156 Å². The third-order valence-electron chi connectivity index (χ3n) is 3.69. The summed E-state index contributed by atoms with van der Waals surface area (Å²) in [4.78, 5) is 16.4. The normalized spacial score (nSPS) is 12.0. The molecule has 0 heterocycles. The predicted molar refractivity (Wildman–Crippen MR) is 110 cm³/mol. The average molecular weight is 365 g/mol. The highest BCUT2D eigenvalue weighted by molar-refractivity contribution is 7.99. The first-order valence-electron chi connectivity index (χ1n) is 8.86. The van der Waals surface area contributed by atoms with Gasteiger partial charge in [-0.05, 0) is 51.1 Å². The van der Waals surface area contributed by atoms with Gasteiger partial charge >= 0.3 is 0 Å². The van der Waals surface area contributed by atoms with E-state index < -0.39 is 0 Å². The third-order valence-corrected chi connectivity index (χ3v) is 4.94. The molecule has 0 spiro atoms. The lowest BCUT2D eigenvalue weighted by atomic mass is 10.2. The molecule has 0 radical (unpaired) electrons.